The second-order valence-corrected chi connectivity index (χ2v) is 2.98. The van der Waals surface area contributed by atoms with E-state index in [0.717, 1.165) is 0 Å². The quantitative estimate of drug-likeness (QED) is 0.613. The average Bonchev–Trinajstić information content (AvgIpc) is 2.86. The largest absolute Gasteiger partial charge is 0.450 e. The summed E-state index contributed by atoms with van der Waals surface area (Å²) in [7, 11) is 0. The summed E-state index contributed by atoms with van der Waals surface area (Å²) in [6, 6.07) is 3.39. The number of carbonyl (C=O) groups excluding carboxylic acids is 1. The van der Waals surface area contributed by atoms with Gasteiger partial charge in [0.1, 0.15) is 12.1 Å². The summed E-state index contributed by atoms with van der Waals surface area (Å²) < 4.78 is 4.74. The van der Waals surface area contributed by atoms with Crippen molar-refractivity contribution in [3.8, 4) is 12.1 Å². The Morgan fingerprint density at radius 3 is 2.36 bits per heavy atom. The fraction of sp³-hybridized carbons (Fsp3) is 0.667. The molecule has 0 aromatic heterocycles. The molecular weight excluding hydrogens is 182 g/mol. The van der Waals surface area contributed by atoms with Crippen LogP contribution in [0.25, 0.3) is 0 Å². The fourth-order valence-electron chi connectivity index (χ4n) is 1.57. The molecule has 0 aliphatic carbocycles. The van der Waals surface area contributed by atoms with Gasteiger partial charge in [0.2, 0.25) is 5.54 Å². The number of rotatable bonds is 2. The zero-order chi connectivity index (χ0) is 10.8. The van der Waals surface area contributed by atoms with Crippen molar-refractivity contribution in [1.82, 2.24) is 4.90 Å². The van der Waals surface area contributed by atoms with Crippen LogP contribution in [0, 0.1) is 22.7 Å². The highest BCUT2D eigenvalue weighted by atomic mass is 16.6. The van der Waals surface area contributed by atoms with Crippen LogP contribution in [0.1, 0.15) is 20.3 Å². The Bertz CT molecular complexity index is 312. The highest BCUT2D eigenvalue weighted by molar-refractivity contribution is 5.76. The van der Waals surface area contributed by atoms with Crippen LogP contribution in [-0.4, -0.2) is 29.2 Å². The lowest BCUT2D eigenvalue weighted by Gasteiger charge is -2.03. The van der Waals surface area contributed by atoms with Crippen molar-refractivity contribution < 1.29 is 9.53 Å². The van der Waals surface area contributed by atoms with Gasteiger partial charge < -0.3 is 4.74 Å². The van der Waals surface area contributed by atoms with E-state index in [1.165, 1.54) is 4.90 Å². The first-order valence-corrected chi connectivity index (χ1v) is 4.46. The van der Waals surface area contributed by atoms with Crippen LogP contribution in [0.3, 0.4) is 0 Å². The van der Waals surface area contributed by atoms with E-state index in [2.05, 4.69) is 0 Å². The Hall–Kier alpha value is -1.75. The highest BCUT2D eigenvalue weighted by Crippen LogP contribution is 2.42. The van der Waals surface area contributed by atoms with E-state index in [4.69, 9.17) is 15.3 Å². The van der Waals surface area contributed by atoms with E-state index in [0.29, 0.717) is 6.42 Å². The summed E-state index contributed by atoms with van der Waals surface area (Å²) in [6.45, 7) is 3.76. The standard InChI is InChI=1S/C9H11N3O2/c1-3-7-9(5-10,6-11)12(7)8(13)14-4-2/h7H,3-4H2,1-2H3. The zero-order valence-electron chi connectivity index (χ0n) is 8.15. The Labute approximate surface area is 82.5 Å². The Balaban J connectivity index is 2.80. The smallest absolute Gasteiger partial charge is 0.412 e. The molecule has 1 rings (SSSR count). The number of hydrogen-bond acceptors (Lipinski definition) is 4. The molecule has 14 heavy (non-hydrogen) atoms. The third-order valence-corrected chi connectivity index (χ3v) is 2.30. The van der Waals surface area contributed by atoms with Crippen molar-refractivity contribution in [1.29, 1.82) is 10.5 Å². The molecular formula is C9H11N3O2. The number of carbonyl (C=O) groups is 1. The van der Waals surface area contributed by atoms with Crippen LogP contribution in [0.15, 0.2) is 0 Å². The number of amides is 1. The lowest BCUT2D eigenvalue weighted by molar-refractivity contribution is 0.131. The third kappa shape index (κ3) is 1.18. The predicted octanol–water partition coefficient (Wildman–Crippen LogP) is 1.02. The lowest BCUT2D eigenvalue weighted by Crippen LogP contribution is -2.21. The van der Waals surface area contributed by atoms with Crippen LogP contribution >= 0.6 is 0 Å². The molecule has 5 nitrogen and oxygen atoms in total. The molecule has 1 fully saturated rings. The van der Waals surface area contributed by atoms with Gasteiger partial charge in [-0.1, -0.05) is 6.92 Å². The maximum absolute atomic E-state index is 11.3. The number of nitrogens with zero attached hydrogens (tertiary/aromatic N) is 3. The van der Waals surface area contributed by atoms with Crippen LogP contribution in [-0.2, 0) is 4.74 Å². The summed E-state index contributed by atoms with van der Waals surface area (Å²) in [5.41, 5.74) is -1.29. The summed E-state index contributed by atoms with van der Waals surface area (Å²) in [6.07, 6.45) is 0.00220. The van der Waals surface area contributed by atoms with E-state index >= 15 is 0 Å². The van der Waals surface area contributed by atoms with Gasteiger partial charge in [-0.3, -0.25) is 4.90 Å². The summed E-state index contributed by atoms with van der Waals surface area (Å²) in [5.74, 6) is 0. The molecule has 1 heterocycles. The molecule has 1 unspecified atom stereocenters. The van der Waals surface area contributed by atoms with Gasteiger partial charge in [-0.15, -0.1) is 0 Å². The van der Waals surface area contributed by atoms with Gasteiger partial charge in [-0.25, -0.2) is 4.79 Å². The molecule has 0 saturated carbocycles. The minimum atomic E-state index is -1.29. The van der Waals surface area contributed by atoms with Gasteiger partial charge in [-0.05, 0) is 13.3 Å². The second-order valence-electron chi connectivity index (χ2n) is 2.98. The molecule has 5 heteroatoms. The van der Waals surface area contributed by atoms with E-state index in [-0.39, 0.29) is 12.6 Å². The Morgan fingerprint density at radius 1 is 1.50 bits per heavy atom. The molecule has 1 aliphatic heterocycles. The number of nitriles is 2. The van der Waals surface area contributed by atoms with Gasteiger partial charge in [0.15, 0.2) is 0 Å². The molecule has 1 aliphatic rings. The monoisotopic (exact) mass is 193 g/mol. The van der Waals surface area contributed by atoms with Gasteiger partial charge in [0, 0.05) is 0 Å². The van der Waals surface area contributed by atoms with Crippen LogP contribution in [0.2, 0.25) is 0 Å². The molecule has 0 aromatic rings. The van der Waals surface area contributed by atoms with Crippen molar-refractivity contribution in [3.05, 3.63) is 0 Å². The SMILES string of the molecule is CCOC(=O)N1C(CC)C1(C#N)C#N. The van der Waals surface area contributed by atoms with Crippen molar-refractivity contribution >= 4 is 6.09 Å². The minimum absolute atomic E-state index is 0.249. The van der Waals surface area contributed by atoms with Crippen LogP contribution < -0.4 is 0 Å². The van der Waals surface area contributed by atoms with E-state index in [9.17, 15) is 4.79 Å². The van der Waals surface area contributed by atoms with E-state index < -0.39 is 11.6 Å². The number of hydrogen-bond donors (Lipinski definition) is 0. The predicted molar refractivity (Wildman–Crippen MR) is 46.9 cm³/mol. The third-order valence-electron chi connectivity index (χ3n) is 2.30. The molecule has 0 aromatic carbocycles. The lowest BCUT2D eigenvalue weighted by atomic mass is 10.1. The fourth-order valence-corrected chi connectivity index (χ4v) is 1.57. The maximum Gasteiger partial charge on any atom is 0.412 e. The topological polar surface area (TPSA) is 76.9 Å². The first kappa shape index (κ1) is 10.3. The molecule has 74 valence electrons. The Kier molecular flexibility index (Phi) is 2.62. The maximum atomic E-state index is 11.3. The van der Waals surface area contributed by atoms with Crippen molar-refractivity contribution in [2.24, 2.45) is 0 Å². The molecule has 0 spiro atoms. The Morgan fingerprint density at radius 2 is 2.07 bits per heavy atom. The van der Waals surface area contributed by atoms with Crippen molar-refractivity contribution in [2.45, 2.75) is 31.8 Å². The second kappa shape index (κ2) is 3.55. The molecule has 1 atom stereocenters. The van der Waals surface area contributed by atoms with E-state index in [1.807, 2.05) is 19.1 Å². The van der Waals surface area contributed by atoms with Crippen molar-refractivity contribution in [3.63, 3.8) is 0 Å². The van der Waals surface area contributed by atoms with Gasteiger partial charge >= 0.3 is 6.09 Å². The first-order valence-electron chi connectivity index (χ1n) is 4.46. The summed E-state index contributed by atoms with van der Waals surface area (Å²) >= 11 is 0. The van der Waals surface area contributed by atoms with Gasteiger partial charge in [0.25, 0.3) is 0 Å². The van der Waals surface area contributed by atoms with Crippen LogP contribution in [0.4, 0.5) is 4.79 Å². The van der Waals surface area contributed by atoms with E-state index in [1.54, 1.807) is 6.92 Å². The van der Waals surface area contributed by atoms with Crippen LogP contribution in [0.5, 0.6) is 0 Å². The number of ether oxygens (including phenoxy) is 1. The highest BCUT2D eigenvalue weighted by Gasteiger charge is 2.67. The summed E-state index contributed by atoms with van der Waals surface area (Å²) in [5, 5.41) is 17.6. The molecule has 1 saturated heterocycles. The molecule has 1 amide bonds. The average molecular weight is 193 g/mol. The normalized spacial score (nSPS) is 22.0. The zero-order valence-corrected chi connectivity index (χ0v) is 8.15. The van der Waals surface area contributed by atoms with Crippen molar-refractivity contribution in [2.75, 3.05) is 6.61 Å². The van der Waals surface area contributed by atoms with Gasteiger partial charge in [-0.2, -0.15) is 10.5 Å². The molecule has 0 N–H and O–H groups in total. The molecule has 0 bridgehead atoms. The minimum Gasteiger partial charge on any atom is -0.450 e. The first-order chi connectivity index (χ1) is 6.67. The van der Waals surface area contributed by atoms with Gasteiger partial charge in [0.05, 0.1) is 12.6 Å². The molecule has 0 radical (unpaired) electrons. The summed E-state index contributed by atoms with van der Waals surface area (Å²) in [4.78, 5) is 12.5.